The summed E-state index contributed by atoms with van der Waals surface area (Å²) >= 11 is 0. The Morgan fingerprint density at radius 1 is 0.800 bits per heavy atom. The predicted molar refractivity (Wildman–Crippen MR) is 204 cm³/mol. The first-order chi connectivity index (χ1) is 24.5. The van der Waals surface area contributed by atoms with E-state index in [0.717, 1.165) is 79.4 Å². The summed E-state index contributed by atoms with van der Waals surface area (Å²) < 4.78 is 25.5. The minimum atomic E-state index is -0.886. The molecule has 3 aliphatic rings. The molecule has 1 saturated heterocycles. The molecular weight excluding hydrogens is 620 g/mol. The molecule has 6 nitrogen and oxygen atoms in total. The minimum absolute atomic E-state index is 0.602. The molecule has 0 radical (unpaired) electrons. The zero-order chi connectivity index (χ0) is 34.5. The summed E-state index contributed by atoms with van der Waals surface area (Å²) in [6.45, 7) is 11.8. The number of rotatable bonds is 9. The Morgan fingerprint density at radius 2 is 1.50 bits per heavy atom. The lowest BCUT2D eigenvalue weighted by atomic mass is 9.79. The number of hydrogen-bond donors (Lipinski definition) is 0. The summed E-state index contributed by atoms with van der Waals surface area (Å²) in [4.78, 5) is 4.79. The molecule has 8 rings (SSSR count). The van der Waals surface area contributed by atoms with Gasteiger partial charge in [-0.1, -0.05) is 67.6 Å². The van der Waals surface area contributed by atoms with E-state index >= 15 is 0 Å². The first-order valence-electron chi connectivity index (χ1n) is 18.0. The number of nitrogens with zero attached hydrogens (tertiary/aromatic N) is 2. The smallest absolute Gasteiger partial charge is 0.178 e. The molecule has 0 amide bonds. The first-order valence-corrected chi connectivity index (χ1v) is 18.0. The van der Waals surface area contributed by atoms with Crippen LogP contribution in [0.15, 0.2) is 97.1 Å². The number of fused-ring (bicyclic) bond motifs is 8. The standard InChI is InChI=1S/C44H46N2O4/c1-6-43(48-5)39-12-10-9-11-36(39)40-35-22-19-33(45(7-2)8-3)29-38(35)42-37(41(40)43)23-24-44(50-42,31-15-20-34(47-4)21-16-31)30-13-17-32(18-14-30)46-25-27-49-28-26-46/h9-24,29H,6-8,25-28H2,1-5H3/t43?,44-/m1/s1. The third-order valence-corrected chi connectivity index (χ3v) is 11.2. The fraction of sp³-hybridized carbons (Fsp3) is 0.318. The fourth-order valence-electron chi connectivity index (χ4n) is 8.58. The maximum Gasteiger partial charge on any atom is 0.178 e. The molecule has 50 heavy (non-hydrogen) atoms. The van der Waals surface area contributed by atoms with Crippen LogP contribution in [-0.4, -0.2) is 53.6 Å². The van der Waals surface area contributed by atoms with Gasteiger partial charge in [0.15, 0.2) is 5.60 Å². The van der Waals surface area contributed by atoms with Crippen molar-refractivity contribution in [1.29, 1.82) is 0 Å². The second-order valence-corrected chi connectivity index (χ2v) is 13.4. The van der Waals surface area contributed by atoms with Gasteiger partial charge in [0, 0.05) is 72.3 Å². The summed E-state index contributed by atoms with van der Waals surface area (Å²) in [6, 6.07) is 32.8. The van der Waals surface area contributed by atoms with Crippen molar-refractivity contribution in [3.8, 4) is 22.6 Å². The summed E-state index contributed by atoms with van der Waals surface area (Å²) in [5.41, 5.74) is 8.93. The molecule has 2 heterocycles. The Labute approximate surface area is 295 Å². The second kappa shape index (κ2) is 12.8. The van der Waals surface area contributed by atoms with Crippen LogP contribution in [0.25, 0.3) is 28.0 Å². The Bertz CT molecular complexity index is 2060. The highest BCUT2D eigenvalue weighted by atomic mass is 16.5. The van der Waals surface area contributed by atoms with E-state index < -0.39 is 11.2 Å². The van der Waals surface area contributed by atoms with Crippen LogP contribution in [0, 0.1) is 0 Å². The van der Waals surface area contributed by atoms with E-state index in [1.165, 1.54) is 39.0 Å². The van der Waals surface area contributed by atoms with Crippen LogP contribution in [0.2, 0.25) is 0 Å². The highest BCUT2D eigenvalue weighted by Gasteiger charge is 2.48. The minimum Gasteiger partial charge on any atom is -0.497 e. The maximum atomic E-state index is 7.64. The SMILES string of the molecule is CCN(CC)c1ccc2c3c(c4c(c2c1)O[C@@](c1ccc(OC)cc1)(c1ccc(N2CCOCC2)cc1)C=C4)C(CC)(OC)c1ccccc1-3. The number of methoxy groups -OCH3 is 2. The Morgan fingerprint density at radius 3 is 2.16 bits per heavy atom. The van der Waals surface area contributed by atoms with E-state index in [9.17, 15) is 0 Å². The third-order valence-electron chi connectivity index (χ3n) is 11.2. The van der Waals surface area contributed by atoms with Gasteiger partial charge in [-0.05, 0) is 84.8 Å². The summed E-state index contributed by atoms with van der Waals surface area (Å²) in [6.07, 6.45) is 5.35. The molecule has 0 spiro atoms. The van der Waals surface area contributed by atoms with Crippen molar-refractivity contribution in [3.63, 3.8) is 0 Å². The van der Waals surface area contributed by atoms with Crippen molar-refractivity contribution in [3.05, 3.63) is 125 Å². The average Bonchev–Trinajstić information content (AvgIpc) is 3.49. The van der Waals surface area contributed by atoms with Gasteiger partial charge in [-0.15, -0.1) is 0 Å². The topological polar surface area (TPSA) is 43.4 Å². The summed E-state index contributed by atoms with van der Waals surface area (Å²) in [5, 5.41) is 2.28. The van der Waals surface area contributed by atoms with E-state index in [0.29, 0.717) is 0 Å². The molecule has 1 fully saturated rings. The highest BCUT2D eigenvalue weighted by Crippen LogP contribution is 2.59. The maximum absolute atomic E-state index is 7.64. The molecule has 2 aliphatic heterocycles. The Balaban J connectivity index is 1.40. The first kappa shape index (κ1) is 32.4. The van der Waals surface area contributed by atoms with Crippen molar-refractivity contribution in [1.82, 2.24) is 0 Å². The van der Waals surface area contributed by atoms with Gasteiger partial charge in [-0.3, -0.25) is 0 Å². The lowest BCUT2D eigenvalue weighted by molar-refractivity contribution is 0.0219. The summed E-state index contributed by atoms with van der Waals surface area (Å²) in [5.74, 6) is 1.69. The van der Waals surface area contributed by atoms with Crippen LogP contribution < -0.4 is 19.3 Å². The van der Waals surface area contributed by atoms with Crippen LogP contribution >= 0.6 is 0 Å². The van der Waals surface area contributed by atoms with Crippen LogP contribution in [0.3, 0.4) is 0 Å². The van der Waals surface area contributed by atoms with Crippen LogP contribution in [-0.2, 0) is 20.7 Å². The lowest BCUT2D eigenvalue weighted by Crippen LogP contribution is -2.37. The van der Waals surface area contributed by atoms with Crippen molar-refractivity contribution < 1.29 is 18.9 Å². The quantitative estimate of drug-likeness (QED) is 0.156. The van der Waals surface area contributed by atoms with Crippen molar-refractivity contribution in [2.75, 3.05) is 63.4 Å². The highest BCUT2D eigenvalue weighted by molar-refractivity contribution is 6.09. The van der Waals surface area contributed by atoms with Gasteiger partial charge in [0.1, 0.15) is 17.1 Å². The van der Waals surface area contributed by atoms with E-state index in [-0.39, 0.29) is 0 Å². The molecule has 1 aliphatic carbocycles. The second-order valence-electron chi connectivity index (χ2n) is 13.4. The average molecular weight is 667 g/mol. The van der Waals surface area contributed by atoms with Crippen LogP contribution in [0.5, 0.6) is 11.5 Å². The van der Waals surface area contributed by atoms with E-state index in [1.807, 2.05) is 19.2 Å². The molecule has 256 valence electrons. The molecule has 2 atom stereocenters. The Kier molecular flexibility index (Phi) is 8.32. The molecule has 0 saturated carbocycles. The molecule has 5 aromatic rings. The normalized spacial score (nSPS) is 20.6. The van der Waals surface area contributed by atoms with Crippen LogP contribution in [0.1, 0.15) is 55.0 Å². The number of benzene rings is 5. The van der Waals surface area contributed by atoms with Gasteiger partial charge in [0.25, 0.3) is 0 Å². The zero-order valence-electron chi connectivity index (χ0n) is 29.8. The summed E-state index contributed by atoms with van der Waals surface area (Å²) in [7, 11) is 3.55. The molecule has 0 aromatic heterocycles. The molecular formula is C44H46N2O4. The third kappa shape index (κ3) is 4.84. The number of hydrogen-bond acceptors (Lipinski definition) is 6. The molecule has 5 aromatic carbocycles. The number of anilines is 2. The largest absolute Gasteiger partial charge is 0.497 e. The van der Waals surface area contributed by atoms with Crippen molar-refractivity contribution >= 4 is 28.2 Å². The van der Waals surface area contributed by atoms with Crippen molar-refractivity contribution in [2.45, 2.75) is 38.4 Å². The van der Waals surface area contributed by atoms with Gasteiger partial charge in [0.2, 0.25) is 0 Å². The Hall–Kier alpha value is -4.78. The van der Waals surface area contributed by atoms with Gasteiger partial charge >= 0.3 is 0 Å². The predicted octanol–water partition coefficient (Wildman–Crippen LogP) is 9.16. The lowest BCUT2D eigenvalue weighted by Gasteiger charge is -2.39. The number of ether oxygens (including phenoxy) is 4. The van der Waals surface area contributed by atoms with Gasteiger partial charge in [0.05, 0.1) is 20.3 Å². The van der Waals surface area contributed by atoms with Crippen molar-refractivity contribution in [2.24, 2.45) is 0 Å². The number of morpholine rings is 1. The van der Waals surface area contributed by atoms with Gasteiger partial charge in [-0.2, -0.15) is 0 Å². The van der Waals surface area contributed by atoms with Gasteiger partial charge < -0.3 is 28.7 Å². The van der Waals surface area contributed by atoms with E-state index in [2.05, 4.69) is 122 Å². The fourth-order valence-corrected chi connectivity index (χ4v) is 8.58. The van der Waals surface area contributed by atoms with E-state index in [1.54, 1.807) is 7.11 Å². The molecule has 0 bridgehead atoms. The monoisotopic (exact) mass is 666 g/mol. The molecule has 0 N–H and O–H groups in total. The molecule has 6 heteroatoms. The van der Waals surface area contributed by atoms with E-state index in [4.69, 9.17) is 18.9 Å². The zero-order valence-corrected chi connectivity index (χ0v) is 29.8. The van der Waals surface area contributed by atoms with Gasteiger partial charge in [-0.25, -0.2) is 0 Å². The molecule has 1 unspecified atom stereocenters. The van der Waals surface area contributed by atoms with Crippen LogP contribution in [0.4, 0.5) is 11.4 Å².